The van der Waals surface area contributed by atoms with Crippen LogP contribution in [0.4, 0.5) is 0 Å². The van der Waals surface area contributed by atoms with Crippen molar-refractivity contribution in [3.63, 3.8) is 0 Å². The normalized spacial score (nSPS) is 15.6. The monoisotopic (exact) mass is 404 g/mol. The Hall–Kier alpha value is -1.83. The molecule has 0 spiro atoms. The van der Waals surface area contributed by atoms with Gasteiger partial charge in [0.25, 0.3) is 0 Å². The molecule has 144 valence electrons. The van der Waals surface area contributed by atoms with Crippen LogP contribution in [0.15, 0.2) is 65.6 Å². The van der Waals surface area contributed by atoms with E-state index in [0.29, 0.717) is 37.5 Å². The Labute approximate surface area is 165 Å². The number of rotatable bonds is 7. The van der Waals surface area contributed by atoms with Crippen molar-refractivity contribution in [2.24, 2.45) is 0 Å². The minimum atomic E-state index is -3.47. The van der Waals surface area contributed by atoms with Crippen LogP contribution < -0.4 is 0 Å². The second kappa shape index (κ2) is 9.39. The van der Waals surface area contributed by atoms with Gasteiger partial charge in [-0.2, -0.15) is 16.1 Å². The summed E-state index contributed by atoms with van der Waals surface area (Å²) in [6.45, 7) is 1.60. The van der Waals surface area contributed by atoms with Crippen LogP contribution in [0.2, 0.25) is 0 Å². The first kappa shape index (κ1) is 19.9. The predicted molar refractivity (Wildman–Crippen MR) is 109 cm³/mol. The molecule has 3 rings (SSSR count). The van der Waals surface area contributed by atoms with E-state index in [1.807, 2.05) is 18.2 Å². The molecule has 5 nitrogen and oxygen atoms in total. The van der Waals surface area contributed by atoms with E-state index in [-0.39, 0.29) is 5.91 Å². The highest BCUT2D eigenvalue weighted by atomic mass is 32.2. The summed E-state index contributed by atoms with van der Waals surface area (Å²) in [4.78, 5) is 14.5. The number of carbonyl (C=O) groups is 1. The van der Waals surface area contributed by atoms with Gasteiger partial charge in [-0.05, 0) is 17.7 Å². The Kier molecular flexibility index (Phi) is 6.93. The van der Waals surface area contributed by atoms with Crippen LogP contribution in [0.25, 0.3) is 0 Å². The molecule has 0 atom stereocenters. The molecule has 1 saturated heterocycles. The van der Waals surface area contributed by atoms with E-state index in [1.54, 1.807) is 47.0 Å². The van der Waals surface area contributed by atoms with Gasteiger partial charge in [0.15, 0.2) is 0 Å². The minimum absolute atomic E-state index is 0.104. The van der Waals surface area contributed by atoms with Crippen LogP contribution in [-0.4, -0.2) is 55.5 Å². The van der Waals surface area contributed by atoms with Gasteiger partial charge in [-0.3, -0.25) is 4.79 Å². The number of piperazine rings is 1. The second-order valence-electron chi connectivity index (χ2n) is 6.39. The van der Waals surface area contributed by atoms with Crippen LogP contribution in [0, 0.1) is 0 Å². The third kappa shape index (κ3) is 5.34. The number of hydrogen-bond acceptors (Lipinski definition) is 4. The molecule has 0 aliphatic carbocycles. The van der Waals surface area contributed by atoms with E-state index in [0.717, 1.165) is 11.5 Å². The average molecular weight is 405 g/mol. The van der Waals surface area contributed by atoms with Crippen LogP contribution in [0.3, 0.4) is 0 Å². The third-order valence-corrected chi connectivity index (χ3v) is 7.49. The van der Waals surface area contributed by atoms with Gasteiger partial charge >= 0.3 is 0 Å². The van der Waals surface area contributed by atoms with Gasteiger partial charge in [0.1, 0.15) is 0 Å². The lowest BCUT2D eigenvalue weighted by molar-refractivity contribution is -0.131. The number of amides is 1. The molecule has 0 bridgehead atoms. The molecule has 1 heterocycles. The molecule has 0 N–H and O–H groups in total. The largest absolute Gasteiger partial charge is 0.340 e. The number of benzene rings is 2. The highest BCUT2D eigenvalue weighted by Crippen LogP contribution is 2.18. The Morgan fingerprint density at radius 2 is 1.48 bits per heavy atom. The zero-order chi connectivity index (χ0) is 19.1. The van der Waals surface area contributed by atoms with Gasteiger partial charge in [-0.1, -0.05) is 48.5 Å². The lowest BCUT2D eigenvalue weighted by Gasteiger charge is -2.34. The molecular weight excluding hydrogens is 380 g/mol. The summed E-state index contributed by atoms with van der Waals surface area (Å²) in [5.41, 5.74) is 1.26. The molecule has 7 heteroatoms. The maximum absolute atomic E-state index is 12.6. The molecule has 1 amide bonds. The van der Waals surface area contributed by atoms with Gasteiger partial charge < -0.3 is 4.90 Å². The van der Waals surface area contributed by atoms with Crippen LogP contribution in [-0.2, 0) is 20.6 Å². The fourth-order valence-electron chi connectivity index (χ4n) is 3.00. The number of thioether (sulfide) groups is 1. The fraction of sp³-hybridized carbons (Fsp3) is 0.350. The van der Waals surface area contributed by atoms with Crippen LogP contribution in [0.1, 0.15) is 12.0 Å². The Morgan fingerprint density at radius 1 is 0.889 bits per heavy atom. The quantitative estimate of drug-likeness (QED) is 0.666. The molecule has 1 aliphatic rings. The van der Waals surface area contributed by atoms with E-state index in [4.69, 9.17) is 0 Å². The average Bonchev–Trinajstić information content (AvgIpc) is 2.72. The van der Waals surface area contributed by atoms with E-state index in [1.165, 1.54) is 9.87 Å². The molecule has 1 aliphatic heterocycles. The zero-order valence-electron chi connectivity index (χ0n) is 15.2. The first-order chi connectivity index (χ1) is 13.1. The summed E-state index contributed by atoms with van der Waals surface area (Å²) < 4.78 is 26.7. The fourth-order valence-corrected chi connectivity index (χ4v) is 5.34. The van der Waals surface area contributed by atoms with Crippen molar-refractivity contribution in [2.45, 2.75) is 17.1 Å². The van der Waals surface area contributed by atoms with Crippen molar-refractivity contribution >= 4 is 27.7 Å². The summed E-state index contributed by atoms with van der Waals surface area (Å²) in [6, 6.07) is 18.7. The summed E-state index contributed by atoms with van der Waals surface area (Å²) in [6.07, 6.45) is 0.489. The van der Waals surface area contributed by atoms with Gasteiger partial charge in [0.2, 0.25) is 15.9 Å². The van der Waals surface area contributed by atoms with Crippen molar-refractivity contribution in [1.82, 2.24) is 9.21 Å². The first-order valence-electron chi connectivity index (χ1n) is 9.02. The number of hydrogen-bond donors (Lipinski definition) is 0. The summed E-state index contributed by atoms with van der Waals surface area (Å²) >= 11 is 1.75. The molecule has 0 saturated carbocycles. The molecule has 27 heavy (non-hydrogen) atoms. The van der Waals surface area contributed by atoms with Crippen molar-refractivity contribution in [3.8, 4) is 0 Å². The smallest absolute Gasteiger partial charge is 0.243 e. The van der Waals surface area contributed by atoms with E-state index < -0.39 is 10.0 Å². The maximum atomic E-state index is 12.6. The molecule has 0 aromatic heterocycles. The molecular formula is C20H24N2O3S2. The first-order valence-corrected chi connectivity index (χ1v) is 11.6. The minimum Gasteiger partial charge on any atom is -0.340 e. The highest BCUT2D eigenvalue weighted by molar-refractivity contribution is 7.98. The molecule has 0 unspecified atom stereocenters. The Balaban J connectivity index is 1.43. The maximum Gasteiger partial charge on any atom is 0.243 e. The molecule has 1 fully saturated rings. The Bertz CT molecular complexity index is 834. The topological polar surface area (TPSA) is 57.7 Å². The van der Waals surface area contributed by atoms with Gasteiger partial charge in [0, 0.05) is 44.1 Å². The predicted octanol–water partition coefficient (Wildman–Crippen LogP) is 2.84. The third-order valence-electron chi connectivity index (χ3n) is 4.54. The van der Waals surface area contributed by atoms with Gasteiger partial charge in [-0.15, -0.1) is 0 Å². The van der Waals surface area contributed by atoms with Gasteiger partial charge in [-0.25, -0.2) is 8.42 Å². The summed E-state index contributed by atoms with van der Waals surface area (Å²) in [5.74, 6) is 1.78. The standard InChI is InChI=1S/C20H24N2O3S2/c23-20(11-16-26-17-18-7-3-1-4-8-18)21-12-14-22(15-13-21)27(24,25)19-9-5-2-6-10-19/h1-10H,11-17H2. The van der Waals surface area contributed by atoms with Gasteiger partial charge in [0.05, 0.1) is 4.90 Å². The number of nitrogens with zero attached hydrogens (tertiary/aromatic N) is 2. The summed E-state index contributed by atoms with van der Waals surface area (Å²) in [7, 11) is -3.47. The zero-order valence-corrected chi connectivity index (χ0v) is 16.8. The van der Waals surface area contributed by atoms with Crippen molar-refractivity contribution in [2.75, 3.05) is 31.9 Å². The van der Waals surface area contributed by atoms with Crippen molar-refractivity contribution in [3.05, 3.63) is 66.2 Å². The highest BCUT2D eigenvalue weighted by Gasteiger charge is 2.29. The molecule has 2 aromatic carbocycles. The lowest BCUT2D eigenvalue weighted by atomic mass is 10.2. The molecule has 0 radical (unpaired) electrons. The number of carbonyl (C=O) groups excluding carboxylic acids is 1. The van der Waals surface area contributed by atoms with Crippen LogP contribution >= 0.6 is 11.8 Å². The van der Waals surface area contributed by atoms with E-state index in [9.17, 15) is 13.2 Å². The number of sulfonamides is 1. The van der Waals surface area contributed by atoms with Crippen molar-refractivity contribution < 1.29 is 13.2 Å². The SMILES string of the molecule is O=C(CCSCc1ccccc1)N1CCN(S(=O)(=O)c2ccccc2)CC1. The van der Waals surface area contributed by atoms with E-state index >= 15 is 0 Å². The summed E-state index contributed by atoms with van der Waals surface area (Å²) in [5, 5.41) is 0. The molecule has 2 aromatic rings. The lowest BCUT2D eigenvalue weighted by Crippen LogP contribution is -2.50. The van der Waals surface area contributed by atoms with Crippen LogP contribution in [0.5, 0.6) is 0 Å². The Morgan fingerprint density at radius 3 is 2.11 bits per heavy atom. The second-order valence-corrected chi connectivity index (χ2v) is 9.43. The van der Waals surface area contributed by atoms with Crippen molar-refractivity contribution in [1.29, 1.82) is 0 Å². The van der Waals surface area contributed by atoms with E-state index in [2.05, 4.69) is 12.1 Å².